The van der Waals surface area contributed by atoms with Crippen molar-refractivity contribution in [1.29, 1.82) is 0 Å². The lowest BCUT2D eigenvalue weighted by molar-refractivity contribution is -0.113. The van der Waals surface area contributed by atoms with Crippen molar-refractivity contribution >= 4 is 57.2 Å². The van der Waals surface area contributed by atoms with E-state index >= 15 is 0 Å². The van der Waals surface area contributed by atoms with Crippen molar-refractivity contribution in [3.63, 3.8) is 0 Å². The molecule has 2 amide bonds. The number of nitrogens with zero attached hydrogens (tertiary/aromatic N) is 2. The maximum absolute atomic E-state index is 13.4. The number of anilines is 1. The fourth-order valence-corrected chi connectivity index (χ4v) is 3.95. The van der Waals surface area contributed by atoms with Crippen LogP contribution >= 0.6 is 23.4 Å². The van der Waals surface area contributed by atoms with Gasteiger partial charge in [0.1, 0.15) is 5.82 Å². The average molecular weight is 387 g/mol. The fraction of sp³-hybridized carbons (Fsp3) is 0.0526. The molecule has 0 unspecified atom stereocenters. The van der Waals surface area contributed by atoms with E-state index in [0.29, 0.717) is 4.91 Å². The summed E-state index contributed by atoms with van der Waals surface area (Å²) in [5, 5.41) is 0.412. The number of para-hydroxylation sites is 1. The van der Waals surface area contributed by atoms with Crippen molar-refractivity contribution in [3.8, 4) is 0 Å². The van der Waals surface area contributed by atoms with Gasteiger partial charge in [-0.2, -0.15) is 0 Å². The molecule has 4 rings (SSSR count). The van der Waals surface area contributed by atoms with Gasteiger partial charge in [-0.05, 0) is 42.1 Å². The highest BCUT2D eigenvalue weighted by Gasteiger charge is 2.36. The molecule has 0 radical (unpaired) electrons. The predicted octanol–water partition coefficient (Wildman–Crippen LogP) is 5.21. The van der Waals surface area contributed by atoms with E-state index in [1.165, 1.54) is 12.1 Å². The first-order chi connectivity index (χ1) is 12.5. The van der Waals surface area contributed by atoms with Crippen LogP contribution in [0.3, 0.4) is 0 Å². The van der Waals surface area contributed by atoms with Crippen molar-refractivity contribution in [2.45, 2.75) is 0 Å². The number of hydrogen-bond donors (Lipinski definition) is 0. The third kappa shape index (κ3) is 2.71. The van der Waals surface area contributed by atoms with Crippen LogP contribution in [-0.4, -0.2) is 15.7 Å². The van der Waals surface area contributed by atoms with Crippen molar-refractivity contribution in [1.82, 2.24) is 4.57 Å². The Bertz CT molecular complexity index is 1110. The molecular formula is C19H12ClFN2O2S. The molecule has 4 nitrogen and oxygen atoms in total. The molecule has 0 N–H and O–H groups in total. The van der Waals surface area contributed by atoms with Crippen molar-refractivity contribution in [3.05, 3.63) is 70.0 Å². The van der Waals surface area contributed by atoms with Crippen LogP contribution in [-0.2, 0) is 11.8 Å². The van der Waals surface area contributed by atoms with E-state index in [1.807, 2.05) is 42.1 Å². The molecule has 2 heterocycles. The summed E-state index contributed by atoms with van der Waals surface area (Å²) < 4.78 is 15.3. The Morgan fingerprint density at radius 1 is 1.15 bits per heavy atom. The van der Waals surface area contributed by atoms with E-state index < -0.39 is 17.0 Å². The molecule has 7 heteroatoms. The van der Waals surface area contributed by atoms with Gasteiger partial charge >= 0.3 is 0 Å². The molecule has 1 fully saturated rings. The first-order valence-corrected chi connectivity index (χ1v) is 8.92. The molecule has 1 aromatic heterocycles. The van der Waals surface area contributed by atoms with Crippen molar-refractivity contribution < 1.29 is 14.0 Å². The molecule has 130 valence electrons. The van der Waals surface area contributed by atoms with Crippen LogP contribution in [0.5, 0.6) is 0 Å². The Morgan fingerprint density at radius 3 is 2.69 bits per heavy atom. The van der Waals surface area contributed by atoms with Crippen molar-refractivity contribution in [2.75, 3.05) is 4.90 Å². The van der Waals surface area contributed by atoms with E-state index in [1.54, 1.807) is 6.08 Å². The van der Waals surface area contributed by atoms with Crippen LogP contribution in [0.4, 0.5) is 14.9 Å². The monoisotopic (exact) mass is 386 g/mol. The van der Waals surface area contributed by atoms with Crippen LogP contribution in [0.2, 0.25) is 5.02 Å². The standard InChI is InChI=1S/C19H12ClFN2O2S/c1-22-10-11(13-4-2-3-5-16(13)22)8-17-18(24)23(19(25)26-17)12-6-7-15(21)14(20)9-12/h2-10H,1H3/b17-8-. The number of imide groups is 1. The molecule has 26 heavy (non-hydrogen) atoms. The molecule has 2 aromatic carbocycles. The van der Waals surface area contributed by atoms with Gasteiger partial charge in [-0.15, -0.1) is 0 Å². The summed E-state index contributed by atoms with van der Waals surface area (Å²) in [6, 6.07) is 11.6. The first-order valence-electron chi connectivity index (χ1n) is 7.73. The Labute approximate surface area is 157 Å². The zero-order chi connectivity index (χ0) is 18.4. The highest BCUT2D eigenvalue weighted by molar-refractivity contribution is 8.19. The number of aromatic nitrogens is 1. The minimum atomic E-state index is -0.603. The van der Waals surface area contributed by atoms with E-state index in [4.69, 9.17) is 11.6 Å². The van der Waals surface area contributed by atoms with E-state index in [9.17, 15) is 14.0 Å². The maximum Gasteiger partial charge on any atom is 0.298 e. The number of aryl methyl sites for hydroxylation is 1. The minimum absolute atomic E-state index is 0.139. The second-order valence-corrected chi connectivity index (χ2v) is 7.23. The second-order valence-electron chi connectivity index (χ2n) is 5.83. The predicted molar refractivity (Wildman–Crippen MR) is 103 cm³/mol. The zero-order valence-electron chi connectivity index (χ0n) is 13.6. The third-order valence-electron chi connectivity index (χ3n) is 4.17. The number of hydrogen-bond acceptors (Lipinski definition) is 3. The van der Waals surface area contributed by atoms with Gasteiger partial charge < -0.3 is 4.57 Å². The Kier molecular flexibility index (Phi) is 4.09. The molecular weight excluding hydrogens is 375 g/mol. The lowest BCUT2D eigenvalue weighted by Gasteiger charge is -2.12. The molecule has 1 aliphatic rings. The smallest absolute Gasteiger partial charge is 0.298 e. The second kappa shape index (κ2) is 6.30. The van der Waals surface area contributed by atoms with Gasteiger partial charge in [0, 0.05) is 29.7 Å². The summed E-state index contributed by atoms with van der Waals surface area (Å²) in [5.41, 5.74) is 2.13. The summed E-state index contributed by atoms with van der Waals surface area (Å²) in [6.45, 7) is 0. The van der Waals surface area contributed by atoms with Gasteiger partial charge in [0.05, 0.1) is 15.6 Å². The number of halogens is 2. The van der Waals surface area contributed by atoms with E-state index in [-0.39, 0.29) is 10.7 Å². The first kappa shape index (κ1) is 16.9. The van der Waals surface area contributed by atoms with Gasteiger partial charge in [0.2, 0.25) is 0 Å². The molecule has 0 spiro atoms. The Morgan fingerprint density at radius 2 is 1.92 bits per heavy atom. The van der Waals surface area contributed by atoms with Gasteiger partial charge in [-0.25, -0.2) is 9.29 Å². The quantitative estimate of drug-likeness (QED) is 0.567. The van der Waals surface area contributed by atoms with Gasteiger partial charge in [-0.3, -0.25) is 9.59 Å². The number of carbonyl (C=O) groups is 2. The van der Waals surface area contributed by atoms with E-state index in [0.717, 1.165) is 39.2 Å². The summed E-state index contributed by atoms with van der Waals surface area (Å²) in [6.07, 6.45) is 3.62. The molecule has 0 atom stereocenters. The summed E-state index contributed by atoms with van der Waals surface area (Å²) in [7, 11) is 1.92. The van der Waals surface area contributed by atoms with Crippen LogP contribution in [0.25, 0.3) is 17.0 Å². The maximum atomic E-state index is 13.4. The van der Waals surface area contributed by atoms with E-state index in [2.05, 4.69) is 0 Å². The fourth-order valence-electron chi connectivity index (χ4n) is 2.94. The summed E-state index contributed by atoms with van der Waals surface area (Å²) >= 11 is 6.63. The SMILES string of the molecule is Cn1cc(/C=C2\SC(=O)N(c3ccc(F)c(Cl)c3)C2=O)c2ccccc21. The topological polar surface area (TPSA) is 42.3 Å². The number of fused-ring (bicyclic) bond motifs is 1. The lowest BCUT2D eigenvalue weighted by atomic mass is 10.1. The third-order valence-corrected chi connectivity index (χ3v) is 5.33. The highest BCUT2D eigenvalue weighted by Crippen LogP contribution is 2.37. The Hall–Kier alpha value is -2.57. The molecule has 0 saturated carbocycles. The van der Waals surface area contributed by atoms with Crippen LogP contribution in [0, 0.1) is 5.82 Å². The molecule has 0 bridgehead atoms. The zero-order valence-corrected chi connectivity index (χ0v) is 15.1. The lowest BCUT2D eigenvalue weighted by Crippen LogP contribution is -2.27. The minimum Gasteiger partial charge on any atom is -0.350 e. The van der Waals surface area contributed by atoms with Gasteiger partial charge in [0.15, 0.2) is 0 Å². The van der Waals surface area contributed by atoms with Crippen LogP contribution < -0.4 is 4.90 Å². The van der Waals surface area contributed by atoms with Crippen LogP contribution in [0.15, 0.2) is 53.6 Å². The van der Waals surface area contributed by atoms with Crippen molar-refractivity contribution in [2.24, 2.45) is 7.05 Å². The van der Waals surface area contributed by atoms with Crippen LogP contribution in [0.1, 0.15) is 5.56 Å². The summed E-state index contributed by atoms with van der Waals surface area (Å²) in [4.78, 5) is 26.4. The average Bonchev–Trinajstić information content (AvgIpc) is 3.08. The van der Waals surface area contributed by atoms with Gasteiger partial charge in [0.25, 0.3) is 11.1 Å². The molecule has 0 aliphatic carbocycles. The molecule has 3 aromatic rings. The molecule has 1 aliphatic heterocycles. The largest absolute Gasteiger partial charge is 0.350 e. The van der Waals surface area contributed by atoms with Gasteiger partial charge in [-0.1, -0.05) is 29.8 Å². The number of carbonyl (C=O) groups excluding carboxylic acids is 2. The highest BCUT2D eigenvalue weighted by atomic mass is 35.5. The summed E-state index contributed by atoms with van der Waals surface area (Å²) in [5.74, 6) is -1.05. The number of thioether (sulfide) groups is 1. The normalized spacial score (nSPS) is 16.3. The number of rotatable bonds is 2. The number of benzene rings is 2. The number of amides is 2. The molecule has 1 saturated heterocycles. The Balaban J connectivity index is 1.74.